The van der Waals surface area contributed by atoms with Crippen molar-refractivity contribution >= 4 is 37.7 Å². The van der Waals surface area contributed by atoms with Crippen molar-refractivity contribution in [1.29, 1.82) is 0 Å². The van der Waals surface area contributed by atoms with Gasteiger partial charge in [0.1, 0.15) is 5.82 Å². The van der Waals surface area contributed by atoms with Crippen LogP contribution in [-0.4, -0.2) is 11.0 Å². The molecule has 0 saturated heterocycles. The Morgan fingerprint density at radius 2 is 2.00 bits per heavy atom. The van der Waals surface area contributed by atoms with Gasteiger partial charge in [0.25, 0.3) is 0 Å². The quantitative estimate of drug-likeness (QED) is 0.703. The molecule has 0 radical (unpaired) electrons. The summed E-state index contributed by atoms with van der Waals surface area (Å²) in [5, 5.41) is 3.53. The molecule has 1 N–H and O–H groups in total. The summed E-state index contributed by atoms with van der Waals surface area (Å²) in [6, 6.07) is 2.56. The molecule has 1 aromatic rings. The Bertz CT molecular complexity index is 342. The average Bonchev–Trinajstić information content (AvgIpc) is 2.29. The molecule has 0 fully saturated rings. The lowest BCUT2D eigenvalue weighted by Crippen LogP contribution is -2.20. The van der Waals surface area contributed by atoms with Crippen LogP contribution in [0.5, 0.6) is 0 Å². The lowest BCUT2D eigenvalue weighted by molar-refractivity contribution is 0.562. The summed E-state index contributed by atoms with van der Waals surface area (Å²) in [6.45, 7) is 4.46. The van der Waals surface area contributed by atoms with Gasteiger partial charge in [-0.05, 0) is 50.8 Å². The fourth-order valence-electron chi connectivity index (χ4n) is 1.80. The number of hydrogen-bond donors (Lipinski definition) is 1. The molecule has 2 nitrogen and oxygen atoms in total. The highest BCUT2D eigenvalue weighted by Crippen LogP contribution is 2.25. The van der Waals surface area contributed by atoms with Gasteiger partial charge in [0.15, 0.2) is 0 Å². The number of anilines is 1. The predicted octanol–water partition coefficient (Wildman–Crippen LogP) is 5.38. The molecule has 96 valence electrons. The van der Waals surface area contributed by atoms with Gasteiger partial charge in [0, 0.05) is 16.7 Å². The van der Waals surface area contributed by atoms with E-state index in [1.54, 1.807) is 0 Å². The maximum Gasteiger partial charge on any atom is 0.140 e. The zero-order valence-electron chi connectivity index (χ0n) is 10.5. The molecule has 0 bridgehead atoms. The van der Waals surface area contributed by atoms with Crippen LogP contribution in [0.25, 0.3) is 0 Å². The normalized spacial score (nSPS) is 12.5. The van der Waals surface area contributed by atoms with E-state index in [4.69, 9.17) is 0 Å². The Hall–Kier alpha value is -0.0900. The molecule has 4 heteroatoms. The summed E-state index contributed by atoms with van der Waals surface area (Å²) >= 11 is 6.95. The molecule has 1 atom stereocenters. The first-order valence-corrected chi connectivity index (χ1v) is 7.83. The van der Waals surface area contributed by atoms with Crippen molar-refractivity contribution in [2.75, 3.05) is 5.32 Å². The first-order valence-electron chi connectivity index (χ1n) is 6.25. The van der Waals surface area contributed by atoms with Gasteiger partial charge in [-0.15, -0.1) is 0 Å². The van der Waals surface area contributed by atoms with Crippen molar-refractivity contribution in [2.45, 2.75) is 52.0 Å². The van der Waals surface area contributed by atoms with Gasteiger partial charge >= 0.3 is 0 Å². The average molecular weight is 364 g/mol. The number of unbranched alkanes of at least 4 members (excludes halogenated alkanes) is 1. The number of nitrogens with one attached hydrogen (secondary N) is 1. The molecule has 0 aliphatic carbocycles. The Morgan fingerprint density at radius 1 is 1.24 bits per heavy atom. The Morgan fingerprint density at radius 3 is 2.59 bits per heavy atom. The highest BCUT2D eigenvalue weighted by atomic mass is 79.9. The summed E-state index contributed by atoms with van der Waals surface area (Å²) in [5.41, 5.74) is 0. The van der Waals surface area contributed by atoms with Gasteiger partial charge in [-0.3, -0.25) is 0 Å². The van der Waals surface area contributed by atoms with Crippen LogP contribution in [-0.2, 0) is 0 Å². The van der Waals surface area contributed by atoms with E-state index < -0.39 is 0 Å². The lowest BCUT2D eigenvalue weighted by atomic mass is 10.1. The van der Waals surface area contributed by atoms with E-state index >= 15 is 0 Å². The monoisotopic (exact) mass is 362 g/mol. The maximum absolute atomic E-state index is 4.40. The topological polar surface area (TPSA) is 24.9 Å². The standard InChI is InChI=1S/C13H20Br2N2/c1-3-5-7-11(6-4-2)17-13-12(15)8-10(14)9-16-13/h8-9,11H,3-7H2,1-2H3,(H,16,17). The second kappa shape index (κ2) is 8.09. The lowest BCUT2D eigenvalue weighted by Gasteiger charge is -2.19. The molecular formula is C13H20Br2N2. The predicted molar refractivity (Wildman–Crippen MR) is 81.5 cm³/mol. The second-order valence-electron chi connectivity index (χ2n) is 4.26. The number of halogens is 2. The SMILES string of the molecule is CCCCC(CCC)Nc1ncc(Br)cc1Br. The number of aromatic nitrogens is 1. The molecule has 0 aromatic carbocycles. The first-order chi connectivity index (χ1) is 8.17. The highest BCUT2D eigenvalue weighted by molar-refractivity contribution is 9.11. The van der Waals surface area contributed by atoms with Crippen molar-refractivity contribution in [3.63, 3.8) is 0 Å². The molecular weight excluding hydrogens is 344 g/mol. The van der Waals surface area contributed by atoms with E-state index in [1.165, 1.54) is 32.1 Å². The fourth-order valence-corrected chi connectivity index (χ4v) is 2.90. The van der Waals surface area contributed by atoms with Gasteiger partial charge in [-0.2, -0.15) is 0 Å². The van der Waals surface area contributed by atoms with Crippen molar-refractivity contribution in [2.24, 2.45) is 0 Å². The number of rotatable bonds is 7. The van der Waals surface area contributed by atoms with E-state index in [0.29, 0.717) is 6.04 Å². The highest BCUT2D eigenvalue weighted by Gasteiger charge is 2.10. The Balaban J connectivity index is 2.64. The zero-order chi connectivity index (χ0) is 12.7. The van der Waals surface area contributed by atoms with Gasteiger partial charge in [0.05, 0.1) is 4.47 Å². The van der Waals surface area contributed by atoms with E-state index in [-0.39, 0.29) is 0 Å². The van der Waals surface area contributed by atoms with Crippen LogP contribution in [0.4, 0.5) is 5.82 Å². The number of nitrogens with zero attached hydrogens (tertiary/aromatic N) is 1. The molecule has 0 spiro atoms. The summed E-state index contributed by atoms with van der Waals surface area (Å²) in [6.07, 6.45) is 7.97. The zero-order valence-corrected chi connectivity index (χ0v) is 13.6. The van der Waals surface area contributed by atoms with Gasteiger partial charge in [0.2, 0.25) is 0 Å². The van der Waals surface area contributed by atoms with Crippen LogP contribution in [0.2, 0.25) is 0 Å². The molecule has 0 aliphatic rings. The molecule has 0 saturated carbocycles. The van der Waals surface area contributed by atoms with Crippen LogP contribution in [0.1, 0.15) is 46.0 Å². The summed E-state index contributed by atoms with van der Waals surface area (Å²) in [7, 11) is 0. The minimum Gasteiger partial charge on any atom is -0.366 e. The maximum atomic E-state index is 4.40. The van der Waals surface area contributed by atoms with E-state index in [0.717, 1.165) is 14.8 Å². The Labute approximate surface area is 121 Å². The third-order valence-electron chi connectivity index (χ3n) is 2.69. The molecule has 17 heavy (non-hydrogen) atoms. The number of hydrogen-bond acceptors (Lipinski definition) is 2. The minimum absolute atomic E-state index is 0.532. The van der Waals surface area contributed by atoms with Crippen LogP contribution in [0, 0.1) is 0 Å². The number of pyridine rings is 1. The van der Waals surface area contributed by atoms with Crippen molar-refractivity contribution in [3.8, 4) is 0 Å². The van der Waals surface area contributed by atoms with E-state index in [9.17, 15) is 0 Å². The molecule has 1 aromatic heterocycles. The molecule has 1 rings (SSSR count). The molecule has 1 unspecified atom stereocenters. The minimum atomic E-state index is 0.532. The third kappa shape index (κ3) is 5.38. The van der Waals surface area contributed by atoms with Crippen LogP contribution >= 0.6 is 31.9 Å². The summed E-state index contributed by atoms with van der Waals surface area (Å²) < 4.78 is 2.01. The van der Waals surface area contributed by atoms with Crippen LogP contribution in [0.3, 0.4) is 0 Å². The van der Waals surface area contributed by atoms with Crippen LogP contribution in [0.15, 0.2) is 21.2 Å². The van der Waals surface area contributed by atoms with Gasteiger partial charge in [-0.25, -0.2) is 4.98 Å². The van der Waals surface area contributed by atoms with Crippen LogP contribution < -0.4 is 5.32 Å². The molecule has 0 aliphatic heterocycles. The van der Waals surface area contributed by atoms with Gasteiger partial charge < -0.3 is 5.32 Å². The molecule has 1 heterocycles. The largest absolute Gasteiger partial charge is 0.366 e. The Kier molecular flexibility index (Phi) is 7.12. The summed E-state index contributed by atoms with van der Waals surface area (Å²) in [4.78, 5) is 4.40. The van der Waals surface area contributed by atoms with E-state index in [2.05, 4.69) is 56.0 Å². The van der Waals surface area contributed by atoms with Crippen molar-refractivity contribution in [3.05, 3.63) is 21.2 Å². The van der Waals surface area contributed by atoms with Crippen molar-refractivity contribution in [1.82, 2.24) is 4.98 Å². The van der Waals surface area contributed by atoms with Crippen molar-refractivity contribution < 1.29 is 0 Å². The smallest absolute Gasteiger partial charge is 0.140 e. The molecule has 0 amide bonds. The summed E-state index contributed by atoms with van der Waals surface area (Å²) in [5.74, 6) is 0.947. The van der Waals surface area contributed by atoms with E-state index in [1.807, 2.05) is 12.3 Å². The third-order valence-corrected chi connectivity index (χ3v) is 3.73. The first kappa shape index (κ1) is 15.0. The second-order valence-corrected chi connectivity index (χ2v) is 6.03. The van der Waals surface area contributed by atoms with Gasteiger partial charge in [-0.1, -0.05) is 33.1 Å². The fraction of sp³-hybridized carbons (Fsp3) is 0.615.